The Bertz CT molecular complexity index is 594. The predicted octanol–water partition coefficient (Wildman–Crippen LogP) is 1.21. The first-order valence-corrected chi connectivity index (χ1v) is 7.40. The van der Waals surface area contributed by atoms with Crippen molar-refractivity contribution < 1.29 is 5.11 Å². The maximum atomic E-state index is 10.1. The molecule has 0 fully saturated rings. The molecule has 6 nitrogen and oxygen atoms in total. The molecule has 0 saturated heterocycles. The average Bonchev–Trinajstić information content (AvgIpc) is 2.96. The fraction of sp³-hybridized carbons (Fsp3) is 0.375. The molecule has 0 radical (unpaired) electrons. The van der Waals surface area contributed by atoms with E-state index in [2.05, 4.69) is 20.6 Å². The molecule has 2 aromatic heterocycles. The molecule has 2 rings (SSSR count). The Morgan fingerprint density at radius 2 is 2.09 bits per heavy atom. The third-order valence-corrected chi connectivity index (χ3v) is 3.21. The van der Waals surface area contributed by atoms with Crippen molar-refractivity contribution in [1.82, 2.24) is 20.2 Å². The van der Waals surface area contributed by atoms with E-state index in [4.69, 9.17) is 0 Å². The van der Waals surface area contributed by atoms with Crippen molar-refractivity contribution in [3.63, 3.8) is 0 Å². The van der Waals surface area contributed by atoms with E-state index in [1.165, 1.54) is 0 Å². The number of rotatable bonds is 6. The smallest absolute Gasteiger partial charge is 0.191 e. The molecule has 0 aliphatic carbocycles. The van der Waals surface area contributed by atoms with Crippen molar-refractivity contribution >= 4 is 5.96 Å². The zero-order valence-corrected chi connectivity index (χ0v) is 13.0. The Kier molecular flexibility index (Phi) is 5.97. The maximum Gasteiger partial charge on any atom is 0.191 e. The van der Waals surface area contributed by atoms with Crippen molar-refractivity contribution in [2.75, 3.05) is 13.1 Å². The molecule has 3 N–H and O–H groups in total. The van der Waals surface area contributed by atoms with Gasteiger partial charge in [0.1, 0.15) is 0 Å². The number of aliphatic hydroxyl groups is 1. The Labute approximate surface area is 130 Å². The number of nitrogens with zero attached hydrogens (tertiary/aromatic N) is 3. The summed E-state index contributed by atoms with van der Waals surface area (Å²) >= 11 is 0. The molecule has 118 valence electrons. The van der Waals surface area contributed by atoms with Gasteiger partial charge in [0.2, 0.25) is 0 Å². The second kappa shape index (κ2) is 8.19. The largest absolute Gasteiger partial charge is 0.387 e. The summed E-state index contributed by atoms with van der Waals surface area (Å²) in [6, 6.07) is 5.65. The number of hydrogen-bond acceptors (Lipinski definition) is 3. The van der Waals surface area contributed by atoms with Crippen LogP contribution in [-0.4, -0.2) is 33.7 Å². The van der Waals surface area contributed by atoms with E-state index in [1.807, 2.05) is 37.0 Å². The zero-order chi connectivity index (χ0) is 15.8. The number of aliphatic hydroxyl groups excluding tert-OH is 1. The Morgan fingerprint density at radius 3 is 2.73 bits per heavy atom. The van der Waals surface area contributed by atoms with Crippen LogP contribution in [0.25, 0.3) is 0 Å². The van der Waals surface area contributed by atoms with Crippen molar-refractivity contribution in [2.24, 2.45) is 12.0 Å². The molecule has 6 heteroatoms. The van der Waals surface area contributed by atoms with Crippen LogP contribution >= 0.6 is 0 Å². The van der Waals surface area contributed by atoms with Crippen molar-refractivity contribution in [1.29, 1.82) is 0 Å². The lowest BCUT2D eigenvalue weighted by Crippen LogP contribution is -2.39. The van der Waals surface area contributed by atoms with E-state index in [1.54, 1.807) is 24.5 Å². The van der Waals surface area contributed by atoms with Crippen LogP contribution in [0.4, 0.5) is 0 Å². The summed E-state index contributed by atoms with van der Waals surface area (Å²) in [7, 11) is 1.99. The van der Waals surface area contributed by atoms with E-state index >= 15 is 0 Å². The highest BCUT2D eigenvalue weighted by atomic mass is 16.3. The monoisotopic (exact) mass is 301 g/mol. The molecule has 1 unspecified atom stereocenters. The van der Waals surface area contributed by atoms with Crippen molar-refractivity contribution in [3.05, 3.63) is 54.1 Å². The summed E-state index contributed by atoms with van der Waals surface area (Å²) in [4.78, 5) is 8.47. The van der Waals surface area contributed by atoms with Gasteiger partial charge in [-0.1, -0.05) is 0 Å². The van der Waals surface area contributed by atoms with Crippen LogP contribution in [0.2, 0.25) is 0 Å². The van der Waals surface area contributed by atoms with Gasteiger partial charge in [-0.05, 0) is 36.2 Å². The first kappa shape index (κ1) is 16.0. The number of guanidine groups is 1. The summed E-state index contributed by atoms with van der Waals surface area (Å²) < 4.78 is 2.00. The van der Waals surface area contributed by atoms with Crippen LogP contribution in [0.15, 0.2) is 48.0 Å². The molecule has 2 heterocycles. The lowest BCUT2D eigenvalue weighted by atomic mass is 10.1. The molecule has 0 bridgehead atoms. The van der Waals surface area contributed by atoms with Gasteiger partial charge in [0.15, 0.2) is 5.96 Å². The Balaban J connectivity index is 1.90. The van der Waals surface area contributed by atoms with Gasteiger partial charge >= 0.3 is 0 Å². The lowest BCUT2D eigenvalue weighted by molar-refractivity contribution is 0.180. The summed E-state index contributed by atoms with van der Waals surface area (Å²) in [5.74, 6) is 0.694. The molecule has 0 aliphatic rings. The molecule has 2 aromatic rings. The van der Waals surface area contributed by atoms with Gasteiger partial charge in [-0.15, -0.1) is 0 Å². The third-order valence-electron chi connectivity index (χ3n) is 3.21. The molecule has 0 saturated carbocycles. The fourth-order valence-electron chi connectivity index (χ4n) is 2.06. The minimum absolute atomic E-state index is 0.393. The van der Waals surface area contributed by atoms with Crippen LogP contribution in [0.5, 0.6) is 0 Å². The average molecular weight is 301 g/mol. The zero-order valence-electron chi connectivity index (χ0n) is 13.0. The SMILES string of the molecule is CCNC(=NCc1ccn(C)c1)NCC(O)c1ccncc1. The molecule has 0 amide bonds. The van der Waals surface area contributed by atoms with Gasteiger partial charge in [0.25, 0.3) is 0 Å². The van der Waals surface area contributed by atoms with Crippen molar-refractivity contribution in [3.8, 4) is 0 Å². The Hall–Kier alpha value is -2.34. The highest BCUT2D eigenvalue weighted by molar-refractivity contribution is 5.79. The van der Waals surface area contributed by atoms with Gasteiger partial charge in [0.05, 0.1) is 12.6 Å². The van der Waals surface area contributed by atoms with Gasteiger partial charge in [-0.25, -0.2) is 4.99 Å². The van der Waals surface area contributed by atoms with Gasteiger partial charge < -0.3 is 20.3 Å². The van der Waals surface area contributed by atoms with E-state index in [9.17, 15) is 5.11 Å². The second-order valence-electron chi connectivity index (χ2n) is 5.06. The summed E-state index contributed by atoms with van der Waals surface area (Å²) in [5, 5.41) is 16.5. The third kappa shape index (κ3) is 4.89. The second-order valence-corrected chi connectivity index (χ2v) is 5.06. The predicted molar refractivity (Wildman–Crippen MR) is 87.4 cm³/mol. The molecular weight excluding hydrogens is 278 g/mol. The number of aromatic nitrogens is 2. The molecular formula is C16H23N5O. The summed E-state index contributed by atoms with van der Waals surface area (Å²) in [6.07, 6.45) is 6.79. The van der Waals surface area contributed by atoms with Crippen LogP contribution < -0.4 is 10.6 Å². The van der Waals surface area contributed by atoms with E-state index in [-0.39, 0.29) is 0 Å². The van der Waals surface area contributed by atoms with Crippen LogP contribution in [0, 0.1) is 0 Å². The van der Waals surface area contributed by atoms with Gasteiger partial charge in [-0.2, -0.15) is 0 Å². The van der Waals surface area contributed by atoms with Gasteiger partial charge in [0, 0.05) is 44.9 Å². The normalized spacial score (nSPS) is 13.0. The highest BCUT2D eigenvalue weighted by Gasteiger charge is 2.08. The maximum absolute atomic E-state index is 10.1. The fourth-order valence-corrected chi connectivity index (χ4v) is 2.06. The Morgan fingerprint density at radius 1 is 1.32 bits per heavy atom. The summed E-state index contributed by atoms with van der Waals surface area (Å²) in [6.45, 7) is 3.77. The molecule has 0 aromatic carbocycles. The standard InChI is InChI=1S/C16H23N5O/c1-3-18-16(19-10-13-6-9-21(2)12-13)20-11-15(22)14-4-7-17-8-5-14/h4-9,12,15,22H,3,10-11H2,1-2H3,(H2,18,19,20). The highest BCUT2D eigenvalue weighted by Crippen LogP contribution is 2.09. The lowest BCUT2D eigenvalue weighted by Gasteiger charge is -2.15. The van der Waals surface area contributed by atoms with Crippen LogP contribution in [0.3, 0.4) is 0 Å². The molecule has 0 aliphatic heterocycles. The topological polar surface area (TPSA) is 74.5 Å². The molecule has 1 atom stereocenters. The minimum Gasteiger partial charge on any atom is -0.387 e. The van der Waals surface area contributed by atoms with E-state index < -0.39 is 6.10 Å². The van der Waals surface area contributed by atoms with Crippen molar-refractivity contribution in [2.45, 2.75) is 19.6 Å². The van der Waals surface area contributed by atoms with E-state index in [0.717, 1.165) is 17.7 Å². The number of nitrogens with one attached hydrogen (secondary N) is 2. The summed E-state index contributed by atoms with van der Waals surface area (Å²) in [5.41, 5.74) is 1.98. The van der Waals surface area contributed by atoms with Crippen LogP contribution in [0.1, 0.15) is 24.2 Å². The first-order valence-electron chi connectivity index (χ1n) is 7.40. The molecule has 22 heavy (non-hydrogen) atoms. The number of aliphatic imine (C=N–C) groups is 1. The number of hydrogen-bond donors (Lipinski definition) is 3. The number of aryl methyl sites for hydroxylation is 1. The van der Waals surface area contributed by atoms with E-state index in [0.29, 0.717) is 19.0 Å². The van der Waals surface area contributed by atoms with Gasteiger partial charge in [-0.3, -0.25) is 4.98 Å². The first-order chi connectivity index (χ1) is 10.7. The molecule has 0 spiro atoms. The quantitative estimate of drug-likeness (QED) is 0.554. The van der Waals surface area contributed by atoms with Crippen LogP contribution in [-0.2, 0) is 13.6 Å². The minimum atomic E-state index is -0.594. The number of pyridine rings is 1.